The number of hydrogen-bond acceptors (Lipinski definition) is 5. The van der Waals surface area contributed by atoms with Crippen LogP contribution in [0.3, 0.4) is 0 Å². The molecule has 4 aromatic rings. The molecule has 0 unspecified atom stereocenters. The molecule has 0 saturated heterocycles. The van der Waals surface area contributed by atoms with E-state index in [0.717, 1.165) is 27.4 Å². The van der Waals surface area contributed by atoms with E-state index in [9.17, 15) is 24.6 Å². The number of benzene rings is 2. The normalized spacial score (nSPS) is 12.1. The second-order valence-electron chi connectivity index (χ2n) is 7.94. The predicted octanol–water partition coefficient (Wildman–Crippen LogP) is 3.00. The van der Waals surface area contributed by atoms with E-state index in [1.165, 1.54) is 0 Å². The van der Waals surface area contributed by atoms with Gasteiger partial charge in [-0.25, -0.2) is 9.78 Å². The van der Waals surface area contributed by atoms with Gasteiger partial charge in [0.25, 0.3) is 0 Å². The van der Waals surface area contributed by atoms with Crippen molar-refractivity contribution in [1.29, 1.82) is 0 Å². The Kier molecular flexibility index (Phi) is 6.55. The first kappa shape index (κ1) is 22.9. The first-order valence-corrected chi connectivity index (χ1v) is 10.7. The monoisotopic (exact) mass is 461 g/mol. The Morgan fingerprint density at radius 2 is 1.65 bits per heavy atom. The number of carbonyl (C=O) groups is 3. The van der Waals surface area contributed by atoms with Gasteiger partial charge in [0, 0.05) is 35.8 Å². The second-order valence-corrected chi connectivity index (χ2v) is 7.94. The third-order valence-electron chi connectivity index (χ3n) is 5.65. The quantitative estimate of drug-likeness (QED) is 0.282. The molecule has 2 heterocycles. The molecule has 2 aromatic carbocycles. The summed E-state index contributed by atoms with van der Waals surface area (Å²) in [4.78, 5) is 38.5. The number of fused-ring (bicyclic) bond motifs is 3. The molecule has 1 atom stereocenters. The molecule has 9 heteroatoms. The molecule has 0 bridgehead atoms. The van der Waals surface area contributed by atoms with Crippen LogP contribution >= 0.6 is 0 Å². The smallest absolute Gasteiger partial charge is 0.354 e. The van der Waals surface area contributed by atoms with Crippen LogP contribution in [0.4, 0.5) is 0 Å². The van der Waals surface area contributed by atoms with Crippen LogP contribution in [0.15, 0.2) is 60.7 Å². The van der Waals surface area contributed by atoms with Crippen molar-refractivity contribution in [3.8, 4) is 0 Å². The Balaban J connectivity index is 1.80. The molecule has 0 radical (unpaired) electrons. The SMILES string of the molecule is O=C(O)C[C@H](NCCc1nc(C(=O)O)cc2c3ccccc3n(Cc3ccccc3)c12)C(=O)O. The van der Waals surface area contributed by atoms with Crippen molar-refractivity contribution in [2.24, 2.45) is 0 Å². The minimum Gasteiger partial charge on any atom is -0.481 e. The lowest BCUT2D eigenvalue weighted by Gasteiger charge is -2.14. The number of para-hydroxylation sites is 1. The molecule has 0 aliphatic rings. The molecule has 34 heavy (non-hydrogen) atoms. The lowest BCUT2D eigenvalue weighted by molar-refractivity contribution is -0.145. The molecule has 174 valence electrons. The minimum atomic E-state index is -1.27. The van der Waals surface area contributed by atoms with E-state index < -0.39 is 30.4 Å². The maximum Gasteiger partial charge on any atom is 0.354 e. The number of hydrogen-bond donors (Lipinski definition) is 4. The van der Waals surface area contributed by atoms with Crippen LogP contribution in [-0.2, 0) is 22.6 Å². The summed E-state index contributed by atoms with van der Waals surface area (Å²) in [7, 11) is 0. The van der Waals surface area contributed by atoms with Crippen LogP contribution in [0, 0.1) is 0 Å². The Hall–Kier alpha value is -4.24. The van der Waals surface area contributed by atoms with Crippen LogP contribution in [-0.4, -0.2) is 55.4 Å². The summed E-state index contributed by atoms with van der Waals surface area (Å²) in [5.41, 5.74) is 3.14. The Bertz CT molecular complexity index is 1380. The fourth-order valence-electron chi connectivity index (χ4n) is 4.16. The lowest BCUT2D eigenvalue weighted by atomic mass is 10.1. The van der Waals surface area contributed by atoms with Crippen LogP contribution in [0.2, 0.25) is 0 Å². The third-order valence-corrected chi connectivity index (χ3v) is 5.65. The van der Waals surface area contributed by atoms with Crippen molar-refractivity contribution in [1.82, 2.24) is 14.9 Å². The molecule has 4 N–H and O–H groups in total. The van der Waals surface area contributed by atoms with Gasteiger partial charge in [-0.3, -0.25) is 9.59 Å². The zero-order valence-corrected chi connectivity index (χ0v) is 18.1. The van der Waals surface area contributed by atoms with E-state index in [0.29, 0.717) is 12.2 Å². The number of nitrogens with zero attached hydrogens (tertiary/aromatic N) is 2. The van der Waals surface area contributed by atoms with Crippen molar-refractivity contribution in [2.75, 3.05) is 6.54 Å². The molecule has 0 fully saturated rings. The molecule has 9 nitrogen and oxygen atoms in total. The molecule has 0 saturated carbocycles. The van der Waals surface area contributed by atoms with Gasteiger partial charge in [0.2, 0.25) is 0 Å². The molecule has 0 amide bonds. The van der Waals surface area contributed by atoms with E-state index in [-0.39, 0.29) is 18.7 Å². The summed E-state index contributed by atoms with van der Waals surface area (Å²) in [5.74, 6) is -3.65. The predicted molar refractivity (Wildman–Crippen MR) is 125 cm³/mol. The first-order valence-electron chi connectivity index (χ1n) is 10.7. The van der Waals surface area contributed by atoms with E-state index in [4.69, 9.17) is 5.11 Å². The van der Waals surface area contributed by atoms with Crippen molar-refractivity contribution in [3.63, 3.8) is 0 Å². The maximum atomic E-state index is 11.8. The highest BCUT2D eigenvalue weighted by Gasteiger charge is 2.22. The number of aromatic nitrogens is 2. The van der Waals surface area contributed by atoms with Crippen LogP contribution in [0.1, 0.15) is 28.2 Å². The van der Waals surface area contributed by atoms with E-state index in [1.54, 1.807) is 6.07 Å². The van der Waals surface area contributed by atoms with Gasteiger partial charge in [0.05, 0.1) is 17.6 Å². The maximum absolute atomic E-state index is 11.8. The Morgan fingerprint density at radius 3 is 2.32 bits per heavy atom. The number of aliphatic carboxylic acids is 2. The lowest BCUT2D eigenvalue weighted by Crippen LogP contribution is -2.39. The summed E-state index contributed by atoms with van der Waals surface area (Å²) in [6, 6.07) is 17.8. The number of carboxylic acid groups (broad SMARTS) is 3. The van der Waals surface area contributed by atoms with E-state index in [2.05, 4.69) is 14.9 Å². The van der Waals surface area contributed by atoms with Crippen molar-refractivity contribution in [2.45, 2.75) is 25.4 Å². The van der Waals surface area contributed by atoms with Crippen LogP contribution < -0.4 is 5.32 Å². The van der Waals surface area contributed by atoms with Gasteiger partial charge >= 0.3 is 17.9 Å². The number of nitrogens with one attached hydrogen (secondary N) is 1. The summed E-state index contributed by atoms with van der Waals surface area (Å²) in [6.07, 6.45) is -0.353. The van der Waals surface area contributed by atoms with Crippen molar-refractivity contribution in [3.05, 3.63) is 77.6 Å². The first-order chi connectivity index (χ1) is 16.3. The Labute approximate surface area is 194 Å². The number of rotatable bonds is 10. The summed E-state index contributed by atoms with van der Waals surface area (Å²) >= 11 is 0. The minimum absolute atomic E-state index is 0.106. The fourth-order valence-corrected chi connectivity index (χ4v) is 4.16. The van der Waals surface area contributed by atoms with E-state index >= 15 is 0 Å². The number of carboxylic acids is 3. The standard InChI is InChI=1S/C25H23N3O6/c29-22(30)13-19(24(31)32)26-11-10-18-23-17(12-20(27-18)25(33)34)16-8-4-5-9-21(16)28(23)14-15-6-2-1-3-7-15/h1-9,12,19,26H,10-11,13-14H2,(H,29,30)(H,31,32)(H,33,34)/t19-/m0/s1. The third kappa shape index (κ3) is 4.74. The zero-order valence-electron chi connectivity index (χ0n) is 18.1. The fraction of sp³-hybridized carbons (Fsp3) is 0.200. The van der Waals surface area contributed by atoms with Crippen LogP contribution in [0.5, 0.6) is 0 Å². The molecular weight excluding hydrogens is 438 g/mol. The topological polar surface area (TPSA) is 142 Å². The van der Waals surface area contributed by atoms with Crippen molar-refractivity contribution < 1.29 is 29.7 Å². The largest absolute Gasteiger partial charge is 0.481 e. The zero-order chi connectivity index (χ0) is 24.2. The molecule has 0 spiro atoms. The van der Waals surface area contributed by atoms with Gasteiger partial charge in [-0.1, -0.05) is 48.5 Å². The van der Waals surface area contributed by atoms with Crippen LogP contribution in [0.25, 0.3) is 21.8 Å². The van der Waals surface area contributed by atoms with Gasteiger partial charge in [0.1, 0.15) is 11.7 Å². The van der Waals surface area contributed by atoms with Gasteiger partial charge < -0.3 is 25.2 Å². The molecule has 4 rings (SSSR count). The van der Waals surface area contributed by atoms with E-state index in [1.807, 2.05) is 54.6 Å². The second kappa shape index (κ2) is 9.72. The average molecular weight is 461 g/mol. The molecule has 2 aromatic heterocycles. The average Bonchev–Trinajstić information content (AvgIpc) is 3.12. The summed E-state index contributed by atoms with van der Waals surface area (Å²) in [5, 5.41) is 32.3. The van der Waals surface area contributed by atoms with Gasteiger partial charge in [0.15, 0.2) is 0 Å². The highest BCUT2D eigenvalue weighted by Crippen LogP contribution is 2.32. The summed E-state index contributed by atoms with van der Waals surface area (Å²) < 4.78 is 2.08. The highest BCUT2D eigenvalue weighted by molar-refractivity contribution is 6.10. The van der Waals surface area contributed by atoms with Gasteiger partial charge in [-0.15, -0.1) is 0 Å². The highest BCUT2D eigenvalue weighted by atomic mass is 16.4. The molecular formula is C25H23N3O6. The molecule has 0 aliphatic carbocycles. The number of aromatic carboxylic acids is 1. The Morgan fingerprint density at radius 1 is 0.941 bits per heavy atom. The molecule has 0 aliphatic heterocycles. The van der Waals surface area contributed by atoms with Crippen molar-refractivity contribution >= 4 is 39.7 Å². The number of pyridine rings is 1. The van der Waals surface area contributed by atoms with Gasteiger partial charge in [-0.2, -0.15) is 0 Å². The summed E-state index contributed by atoms with van der Waals surface area (Å²) in [6.45, 7) is 0.651. The van der Waals surface area contributed by atoms with Gasteiger partial charge in [-0.05, 0) is 17.7 Å².